The second kappa shape index (κ2) is 7.42. The summed E-state index contributed by atoms with van der Waals surface area (Å²) in [5.41, 5.74) is 5.48. The summed E-state index contributed by atoms with van der Waals surface area (Å²) in [7, 11) is 0. The molecule has 0 aliphatic heterocycles. The molecule has 0 aromatic carbocycles. The molecule has 25 heavy (non-hydrogen) atoms. The van der Waals surface area contributed by atoms with Crippen molar-refractivity contribution in [1.82, 2.24) is 24.7 Å². The lowest BCUT2D eigenvalue weighted by molar-refractivity contribution is 0.633. The van der Waals surface area contributed by atoms with E-state index in [0.717, 1.165) is 41.6 Å². The summed E-state index contributed by atoms with van der Waals surface area (Å²) >= 11 is 0. The zero-order chi connectivity index (χ0) is 17.8. The van der Waals surface area contributed by atoms with Crippen molar-refractivity contribution in [3.63, 3.8) is 0 Å². The molecule has 0 aliphatic carbocycles. The summed E-state index contributed by atoms with van der Waals surface area (Å²) in [6.45, 7) is 9.95. The van der Waals surface area contributed by atoms with Gasteiger partial charge in [-0.25, -0.2) is 9.97 Å². The Morgan fingerprint density at radius 3 is 2.48 bits per heavy atom. The van der Waals surface area contributed by atoms with Gasteiger partial charge in [0.05, 0.1) is 5.69 Å². The maximum Gasteiger partial charge on any atom is 0.161 e. The highest BCUT2D eigenvalue weighted by molar-refractivity contribution is 5.56. The van der Waals surface area contributed by atoms with Crippen LogP contribution < -0.4 is 5.32 Å². The number of hydrogen-bond acceptors (Lipinski definition) is 5. The van der Waals surface area contributed by atoms with Crippen molar-refractivity contribution in [2.24, 2.45) is 0 Å². The monoisotopic (exact) mass is 336 g/mol. The largest absolute Gasteiger partial charge is 0.366 e. The van der Waals surface area contributed by atoms with Crippen LogP contribution in [-0.4, -0.2) is 24.7 Å². The van der Waals surface area contributed by atoms with Crippen LogP contribution in [0.3, 0.4) is 0 Å². The molecule has 0 atom stereocenters. The molecule has 0 fully saturated rings. The molecule has 0 saturated carbocycles. The molecule has 0 spiro atoms. The molecule has 1 N–H and O–H groups in total. The van der Waals surface area contributed by atoms with Gasteiger partial charge in [-0.1, -0.05) is 6.92 Å². The van der Waals surface area contributed by atoms with E-state index in [1.807, 2.05) is 22.9 Å². The predicted octanol–water partition coefficient (Wildman–Crippen LogP) is 3.55. The number of pyridine rings is 1. The first-order valence-corrected chi connectivity index (χ1v) is 8.67. The quantitative estimate of drug-likeness (QED) is 0.745. The zero-order valence-corrected chi connectivity index (χ0v) is 15.2. The van der Waals surface area contributed by atoms with Gasteiger partial charge in [0, 0.05) is 54.1 Å². The Morgan fingerprint density at radius 1 is 1.08 bits per heavy atom. The van der Waals surface area contributed by atoms with Gasteiger partial charge in [0.15, 0.2) is 5.82 Å². The first-order chi connectivity index (χ1) is 12.1. The topological polar surface area (TPSA) is 68.5 Å². The Hall–Kier alpha value is -2.76. The van der Waals surface area contributed by atoms with Crippen LogP contribution in [0.25, 0.3) is 11.4 Å². The van der Waals surface area contributed by atoms with Crippen LogP contribution in [0.2, 0.25) is 0 Å². The molecule has 0 unspecified atom stereocenters. The highest BCUT2D eigenvalue weighted by Gasteiger charge is 2.11. The lowest BCUT2D eigenvalue weighted by Gasteiger charge is -2.10. The van der Waals surface area contributed by atoms with Crippen LogP contribution in [0.4, 0.5) is 5.82 Å². The minimum atomic E-state index is 0.702. The van der Waals surface area contributed by atoms with E-state index in [4.69, 9.17) is 0 Å². The predicted molar refractivity (Wildman–Crippen MR) is 99.3 cm³/mol. The van der Waals surface area contributed by atoms with Crippen molar-refractivity contribution in [2.75, 3.05) is 5.32 Å². The van der Waals surface area contributed by atoms with Gasteiger partial charge in [-0.3, -0.25) is 9.67 Å². The standard InChI is InChI=1S/C19H24N6/c1-5-16-11-18(23-19(22-16)15-7-9-20-10-8-15)21-12-17-13(3)24-25(6-2)14(17)4/h7-11H,5-6,12H2,1-4H3,(H,21,22,23). The molecule has 0 saturated heterocycles. The van der Waals surface area contributed by atoms with Gasteiger partial charge in [-0.15, -0.1) is 0 Å². The molecule has 0 amide bonds. The Morgan fingerprint density at radius 2 is 1.84 bits per heavy atom. The van der Waals surface area contributed by atoms with Gasteiger partial charge in [-0.2, -0.15) is 5.10 Å². The van der Waals surface area contributed by atoms with Crippen molar-refractivity contribution in [3.8, 4) is 11.4 Å². The number of nitrogens with one attached hydrogen (secondary N) is 1. The molecule has 6 heteroatoms. The Labute approximate surface area is 148 Å². The summed E-state index contributed by atoms with van der Waals surface area (Å²) in [6, 6.07) is 5.87. The number of nitrogens with zero attached hydrogens (tertiary/aromatic N) is 5. The lowest BCUT2D eigenvalue weighted by atomic mass is 10.2. The fourth-order valence-corrected chi connectivity index (χ4v) is 2.88. The molecule has 6 nitrogen and oxygen atoms in total. The van der Waals surface area contributed by atoms with Crippen molar-refractivity contribution in [1.29, 1.82) is 0 Å². The Balaban J connectivity index is 1.87. The minimum Gasteiger partial charge on any atom is -0.366 e. The summed E-state index contributed by atoms with van der Waals surface area (Å²) < 4.78 is 2.03. The molecule has 3 heterocycles. The second-order valence-electron chi connectivity index (χ2n) is 5.98. The fraction of sp³-hybridized carbons (Fsp3) is 0.368. The van der Waals surface area contributed by atoms with Gasteiger partial charge < -0.3 is 5.32 Å². The van der Waals surface area contributed by atoms with E-state index < -0.39 is 0 Å². The summed E-state index contributed by atoms with van der Waals surface area (Å²) in [5, 5.41) is 8.02. The number of aryl methyl sites for hydroxylation is 3. The van der Waals surface area contributed by atoms with E-state index in [1.165, 1.54) is 11.3 Å². The SMILES string of the molecule is CCc1cc(NCc2c(C)nn(CC)c2C)nc(-c2ccncc2)n1. The molecule has 130 valence electrons. The molecular weight excluding hydrogens is 312 g/mol. The van der Waals surface area contributed by atoms with Crippen molar-refractivity contribution in [2.45, 2.75) is 47.2 Å². The average Bonchev–Trinajstić information content (AvgIpc) is 2.93. The van der Waals surface area contributed by atoms with Gasteiger partial charge in [0.2, 0.25) is 0 Å². The van der Waals surface area contributed by atoms with E-state index in [2.05, 4.69) is 53.1 Å². The molecule has 3 aromatic rings. The third-order valence-corrected chi connectivity index (χ3v) is 4.36. The average molecular weight is 336 g/mol. The number of rotatable bonds is 6. The number of aromatic nitrogens is 5. The van der Waals surface area contributed by atoms with E-state index >= 15 is 0 Å². The van der Waals surface area contributed by atoms with E-state index in [1.54, 1.807) is 12.4 Å². The van der Waals surface area contributed by atoms with Gasteiger partial charge in [-0.05, 0) is 39.3 Å². The highest BCUT2D eigenvalue weighted by atomic mass is 15.3. The van der Waals surface area contributed by atoms with Crippen LogP contribution in [0, 0.1) is 13.8 Å². The second-order valence-corrected chi connectivity index (χ2v) is 5.98. The summed E-state index contributed by atoms with van der Waals surface area (Å²) in [4.78, 5) is 13.4. The normalized spacial score (nSPS) is 10.9. The summed E-state index contributed by atoms with van der Waals surface area (Å²) in [5.74, 6) is 1.56. The molecule has 0 bridgehead atoms. The zero-order valence-electron chi connectivity index (χ0n) is 15.2. The molecule has 0 radical (unpaired) electrons. The van der Waals surface area contributed by atoms with E-state index in [9.17, 15) is 0 Å². The van der Waals surface area contributed by atoms with Gasteiger partial charge >= 0.3 is 0 Å². The molecule has 3 rings (SSSR count). The van der Waals surface area contributed by atoms with E-state index in [0.29, 0.717) is 6.54 Å². The third kappa shape index (κ3) is 3.68. The van der Waals surface area contributed by atoms with Crippen LogP contribution >= 0.6 is 0 Å². The van der Waals surface area contributed by atoms with Crippen molar-refractivity contribution >= 4 is 5.82 Å². The third-order valence-electron chi connectivity index (χ3n) is 4.36. The Bertz CT molecular complexity index is 854. The van der Waals surface area contributed by atoms with Crippen LogP contribution in [0.1, 0.15) is 36.5 Å². The molecule has 3 aromatic heterocycles. The Kier molecular flexibility index (Phi) is 5.07. The van der Waals surface area contributed by atoms with E-state index in [-0.39, 0.29) is 0 Å². The lowest BCUT2D eigenvalue weighted by Crippen LogP contribution is -2.06. The molecule has 0 aliphatic rings. The first-order valence-electron chi connectivity index (χ1n) is 8.67. The van der Waals surface area contributed by atoms with Crippen molar-refractivity contribution in [3.05, 3.63) is 53.2 Å². The maximum absolute atomic E-state index is 4.68. The van der Waals surface area contributed by atoms with Gasteiger partial charge in [0.25, 0.3) is 0 Å². The number of hydrogen-bond donors (Lipinski definition) is 1. The van der Waals surface area contributed by atoms with Crippen LogP contribution in [0.5, 0.6) is 0 Å². The number of anilines is 1. The minimum absolute atomic E-state index is 0.702. The maximum atomic E-state index is 4.68. The van der Waals surface area contributed by atoms with Crippen LogP contribution in [-0.2, 0) is 19.5 Å². The molecular formula is C19H24N6. The highest BCUT2D eigenvalue weighted by Crippen LogP contribution is 2.19. The first kappa shape index (κ1) is 17.1. The summed E-state index contributed by atoms with van der Waals surface area (Å²) in [6.07, 6.45) is 4.38. The smallest absolute Gasteiger partial charge is 0.161 e. The van der Waals surface area contributed by atoms with Gasteiger partial charge in [0.1, 0.15) is 5.82 Å². The van der Waals surface area contributed by atoms with Crippen LogP contribution in [0.15, 0.2) is 30.6 Å². The fourth-order valence-electron chi connectivity index (χ4n) is 2.88. The van der Waals surface area contributed by atoms with Crippen molar-refractivity contribution < 1.29 is 0 Å².